The minimum Gasteiger partial charge on any atom is -0.508 e. The van der Waals surface area contributed by atoms with Gasteiger partial charge in [-0.1, -0.05) is 0 Å². The molecule has 1 aromatic carbocycles. The van der Waals surface area contributed by atoms with E-state index in [2.05, 4.69) is 5.32 Å². The van der Waals surface area contributed by atoms with E-state index in [4.69, 9.17) is 15.1 Å². The first-order valence-electron chi connectivity index (χ1n) is 5.84. The lowest BCUT2D eigenvalue weighted by Crippen LogP contribution is -2.20. The van der Waals surface area contributed by atoms with E-state index >= 15 is 0 Å². The van der Waals surface area contributed by atoms with Crippen LogP contribution in [0.1, 0.15) is 15.9 Å². The monoisotopic (exact) mass is 302 g/mol. The Morgan fingerprint density at radius 3 is 2.67 bits per heavy atom. The third-order valence-electron chi connectivity index (χ3n) is 2.48. The predicted molar refractivity (Wildman–Crippen MR) is 76.1 cm³/mol. The van der Waals surface area contributed by atoms with E-state index in [1.54, 1.807) is 11.4 Å². The van der Waals surface area contributed by atoms with Crippen molar-refractivity contribution in [1.29, 1.82) is 5.26 Å². The van der Waals surface area contributed by atoms with E-state index < -0.39 is 18.5 Å². The molecule has 0 radical (unpaired) electrons. The molecule has 1 heterocycles. The van der Waals surface area contributed by atoms with Crippen LogP contribution >= 0.6 is 11.3 Å². The standard InChI is InChI=1S/C14H10N2O4S/c15-7-10-5-6-21-13(10)16-12(18)8-20-14(19)9-1-3-11(17)4-2-9/h1-6,17H,8H2,(H,16,18). The number of phenols is 1. The van der Waals surface area contributed by atoms with E-state index in [-0.39, 0.29) is 11.3 Å². The summed E-state index contributed by atoms with van der Waals surface area (Å²) in [6, 6.07) is 9.01. The summed E-state index contributed by atoms with van der Waals surface area (Å²) in [6.07, 6.45) is 0. The Morgan fingerprint density at radius 1 is 1.29 bits per heavy atom. The van der Waals surface area contributed by atoms with Crippen molar-refractivity contribution in [2.45, 2.75) is 0 Å². The highest BCUT2D eigenvalue weighted by atomic mass is 32.1. The molecule has 2 N–H and O–H groups in total. The van der Waals surface area contributed by atoms with Gasteiger partial charge in [-0.2, -0.15) is 5.26 Å². The zero-order chi connectivity index (χ0) is 15.2. The van der Waals surface area contributed by atoms with Gasteiger partial charge in [0.1, 0.15) is 16.8 Å². The van der Waals surface area contributed by atoms with E-state index in [0.29, 0.717) is 10.6 Å². The zero-order valence-corrected chi connectivity index (χ0v) is 11.5. The number of amides is 1. The lowest BCUT2D eigenvalue weighted by atomic mass is 10.2. The minimum atomic E-state index is -0.670. The maximum atomic E-state index is 11.7. The normalized spacial score (nSPS) is 9.67. The van der Waals surface area contributed by atoms with Gasteiger partial charge < -0.3 is 15.2 Å². The Labute approximate surface area is 124 Å². The van der Waals surface area contributed by atoms with Crippen LogP contribution in [-0.4, -0.2) is 23.6 Å². The van der Waals surface area contributed by atoms with Crippen LogP contribution in [0.4, 0.5) is 5.00 Å². The number of carbonyl (C=O) groups is 2. The summed E-state index contributed by atoms with van der Waals surface area (Å²) in [5.74, 6) is -1.16. The van der Waals surface area contributed by atoms with Crippen molar-refractivity contribution in [2.75, 3.05) is 11.9 Å². The fourth-order valence-electron chi connectivity index (χ4n) is 1.47. The third kappa shape index (κ3) is 3.81. The summed E-state index contributed by atoms with van der Waals surface area (Å²) in [4.78, 5) is 23.3. The average Bonchev–Trinajstić information content (AvgIpc) is 2.92. The molecule has 2 aromatic rings. The lowest BCUT2D eigenvalue weighted by Gasteiger charge is -2.05. The second-order valence-corrected chi connectivity index (χ2v) is 4.86. The Kier molecular flexibility index (Phi) is 4.53. The summed E-state index contributed by atoms with van der Waals surface area (Å²) in [7, 11) is 0. The van der Waals surface area contributed by atoms with Crippen LogP contribution in [-0.2, 0) is 9.53 Å². The van der Waals surface area contributed by atoms with Crippen molar-refractivity contribution >= 4 is 28.2 Å². The number of carbonyl (C=O) groups excluding carboxylic acids is 2. The molecule has 0 saturated heterocycles. The van der Waals surface area contributed by atoms with Crippen molar-refractivity contribution in [3.63, 3.8) is 0 Å². The molecule has 6 nitrogen and oxygen atoms in total. The van der Waals surface area contributed by atoms with Gasteiger partial charge in [0.25, 0.3) is 5.91 Å². The molecule has 0 aliphatic carbocycles. The summed E-state index contributed by atoms with van der Waals surface area (Å²) < 4.78 is 4.84. The average molecular weight is 302 g/mol. The number of nitrogens with zero attached hydrogens (tertiary/aromatic N) is 1. The van der Waals surface area contributed by atoms with Crippen molar-refractivity contribution in [3.8, 4) is 11.8 Å². The zero-order valence-electron chi connectivity index (χ0n) is 10.7. The van der Waals surface area contributed by atoms with Crippen molar-refractivity contribution in [1.82, 2.24) is 0 Å². The van der Waals surface area contributed by atoms with Crippen LogP contribution in [0, 0.1) is 11.3 Å². The topological polar surface area (TPSA) is 99.4 Å². The first-order valence-corrected chi connectivity index (χ1v) is 6.71. The second-order valence-electron chi connectivity index (χ2n) is 3.95. The number of thiophene rings is 1. The number of nitriles is 1. The molecule has 0 unspecified atom stereocenters. The maximum Gasteiger partial charge on any atom is 0.338 e. The fraction of sp³-hybridized carbons (Fsp3) is 0.0714. The van der Waals surface area contributed by atoms with Gasteiger partial charge >= 0.3 is 5.97 Å². The molecule has 0 saturated carbocycles. The number of hydrogen-bond acceptors (Lipinski definition) is 6. The summed E-state index contributed by atoms with van der Waals surface area (Å²) >= 11 is 1.21. The van der Waals surface area contributed by atoms with Crippen LogP contribution in [0.5, 0.6) is 5.75 Å². The minimum absolute atomic E-state index is 0.0334. The molecular weight excluding hydrogens is 292 g/mol. The highest BCUT2D eigenvalue weighted by Crippen LogP contribution is 2.21. The Hall–Kier alpha value is -2.85. The van der Waals surface area contributed by atoms with Gasteiger partial charge in [-0.3, -0.25) is 4.79 Å². The van der Waals surface area contributed by atoms with Crippen molar-refractivity contribution < 1.29 is 19.4 Å². The number of rotatable bonds is 4. The molecule has 0 atom stereocenters. The van der Waals surface area contributed by atoms with Crippen LogP contribution in [0.3, 0.4) is 0 Å². The molecule has 1 amide bonds. The van der Waals surface area contributed by atoms with Crippen molar-refractivity contribution in [3.05, 3.63) is 46.8 Å². The fourth-order valence-corrected chi connectivity index (χ4v) is 2.22. The highest BCUT2D eigenvalue weighted by Gasteiger charge is 2.12. The maximum absolute atomic E-state index is 11.7. The molecule has 0 bridgehead atoms. The predicted octanol–water partition coefficient (Wildman–Crippen LogP) is 2.12. The quantitative estimate of drug-likeness (QED) is 0.843. The van der Waals surface area contributed by atoms with Crippen LogP contribution < -0.4 is 5.32 Å². The number of esters is 1. The van der Waals surface area contributed by atoms with Gasteiger partial charge in [-0.25, -0.2) is 4.79 Å². The molecule has 2 rings (SSSR count). The van der Waals surface area contributed by atoms with Crippen molar-refractivity contribution in [2.24, 2.45) is 0 Å². The van der Waals surface area contributed by atoms with Gasteiger partial charge in [0.15, 0.2) is 6.61 Å². The molecule has 106 valence electrons. The number of hydrogen-bond donors (Lipinski definition) is 2. The third-order valence-corrected chi connectivity index (χ3v) is 3.31. The number of aromatic hydroxyl groups is 1. The number of benzene rings is 1. The van der Waals surface area contributed by atoms with Gasteiger partial charge in [-0.05, 0) is 35.7 Å². The Bertz CT molecular complexity index is 701. The molecule has 0 aliphatic heterocycles. The lowest BCUT2D eigenvalue weighted by molar-refractivity contribution is -0.119. The van der Waals surface area contributed by atoms with E-state index in [0.717, 1.165) is 0 Å². The summed E-state index contributed by atoms with van der Waals surface area (Å²) in [5, 5.41) is 22.5. The van der Waals surface area contributed by atoms with Crippen LogP contribution in [0.15, 0.2) is 35.7 Å². The Balaban J connectivity index is 1.88. The number of ether oxygens (including phenoxy) is 1. The SMILES string of the molecule is N#Cc1ccsc1NC(=O)COC(=O)c1ccc(O)cc1. The molecule has 0 fully saturated rings. The molecular formula is C14H10N2O4S. The van der Waals surface area contributed by atoms with Gasteiger partial charge in [0.05, 0.1) is 11.1 Å². The van der Waals surface area contributed by atoms with Crippen LogP contribution in [0.2, 0.25) is 0 Å². The largest absolute Gasteiger partial charge is 0.508 e. The first-order chi connectivity index (χ1) is 10.1. The molecule has 0 spiro atoms. The number of anilines is 1. The first kappa shape index (κ1) is 14.6. The Morgan fingerprint density at radius 2 is 2.00 bits per heavy atom. The van der Waals surface area contributed by atoms with E-state index in [9.17, 15) is 9.59 Å². The van der Waals surface area contributed by atoms with E-state index in [1.807, 2.05) is 6.07 Å². The molecule has 7 heteroatoms. The highest BCUT2D eigenvalue weighted by molar-refractivity contribution is 7.14. The van der Waals surface area contributed by atoms with Gasteiger partial charge in [0, 0.05) is 0 Å². The second kappa shape index (κ2) is 6.54. The number of phenolic OH excluding ortho intramolecular Hbond substituents is 1. The molecule has 0 aliphatic rings. The summed E-state index contributed by atoms with van der Waals surface area (Å²) in [5.41, 5.74) is 0.590. The smallest absolute Gasteiger partial charge is 0.338 e. The van der Waals surface area contributed by atoms with Crippen LogP contribution in [0.25, 0.3) is 0 Å². The van der Waals surface area contributed by atoms with Gasteiger partial charge in [-0.15, -0.1) is 11.3 Å². The molecule has 1 aromatic heterocycles. The number of nitrogens with one attached hydrogen (secondary N) is 1. The van der Waals surface area contributed by atoms with E-state index in [1.165, 1.54) is 35.6 Å². The van der Waals surface area contributed by atoms with Gasteiger partial charge in [0.2, 0.25) is 0 Å². The molecule has 21 heavy (non-hydrogen) atoms. The summed E-state index contributed by atoms with van der Waals surface area (Å²) in [6.45, 7) is -0.456.